The van der Waals surface area contributed by atoms with Crippen LogP contribution in [0.5, 0.6) is 5.75 Å². The van der Waals surface area contributed by atoms with Gasteiger partial charge in [0.1, 0.15) is 10.8 Å². The minimum absolute atomic E-state index is 0.0831. The topological polar surface area (TPSA) is 94.3 Å². The first-order valence-corrected chi connectivity index (χ1v) is 15.6. The molecule has 1 aliphatic rings. The fraction of sp³-hybridized carbons (Fsp3) is 0.382. The first-order chi connectivity index (χ1) is 19.9. The van der Waals surface area contributed by atoms with E-state index >= 15 is 0 Å². The Kier molecular flexibility index (Phi) is 9.35. The summed E-state index contributed by atoms with van der Waals surface area (Å²) in [5.74, 6) is 0.0330. The van der Waals surface area contributed by atoms with Crippen LogP contribution in [-0.2, 0) is 12.8 Å². The Labute approximate surface area is 246 Å². The van der Waals surface area contributed by atoms with Crippen molar-refractivity contribution in [1.82, 2.24) is 4.98 Å². The van der Waals surface area contributed by atoms with Crippen LogP contribution in [0.2, 0.25) is 0 Å². The SMILES string of the molecule is CC(C)Oc1ccc(-c2cc(C(=O)Nc3sc4c(c3C(N)=O)CCCCCCCCCC4)c3ccccc3n2)cc1. The van der Waals surface area contributed by atoms with Gasteiger partial charge in [-0.15, -0.1) is 11.3 Å². The van der Waals surface area contributed by atoms with Crippen molar-refractivity contribution >= 4 is 39.1 Å². The second-order valence-corrected chi connectivity index (χ2v) is 12.2. The number of amides is 2. The molecule has 2 aromatic carbocycles. The summed E-state index contributed by atoms with van der Waals surface area (Å²) in [5.41, 5.74) is 10.3. The summed E-state index contributed by atoms with van der Waals surface area (Å²) in [6.45, 7) is 3.98. The Hall–Kier alpha value is -3.71. The van der Waals surface area contributed by atoms with Crippen molar-refractivity contribution in [3.8, 4) is 17.0 Å². The van der Waals surface area contributed by atoms with E-state index in [2.05, 4.69) is 5.32 Å². The maximum absolute atomic E-state index is 13.9. The molecule has 0 saturated carbocycles. The number of pyridine rings is 1. The highest BCUT2D eigenvalue weighted by atomic mass is 32.1. The number of ether oxygens (including phenoxy) is 1. The average Bonchev–Trinajstić information content (AvgIpc) is 3.29. The lowest BCUT2D eigenvalue weighted by Crippen LogP contribution is -2.18. The molecule has 0 radical (unpaired) electrons. The molecule has 3 N–H and O–H groups in total. The van der Waals surface area contributed by atoms with Crippen molar-refractivity contribution in [2.45, 2.75) is 84.2 Å². The van der Waals surface area contributed by atoms with Gasteiger partial charge in [0.2, 0.25) is 0 Å². The number of hydrogen-bond donors (Lipinski definition) is 2. The average molecular weight is 570 g/mol. The number of primary amides is 1. The van der Waals surface area contributed by atoms with Crippen molar-refractivity contribution in [3.63, 3.8) is 0 Å². The number of nitrogens with two attached hydrogens (primary N) is 1. The number of benzene rings is 2. The summed E-state index contributed by atoms with van der Waals surface area (Å²) in [7, 11) is 0. The van der Waals surface area contributed by atoms with Crippen LogP contribution in [0, 0.1) is 0 Å². The highest BCUT2D eigenvalue weighted by molar-refractivity contribution is 7.17. The summed E-state index contributed by atoms with van der Waals surface area (Å²) in [5, 5.41) is 4.40. The zero-order valence-corrected chi connectivity index (χ0v) is 24.8. The zero-order valence-electron chi connectivity index (χ0n) is 24.0. The van der Waals surface area contributed by atoms with Crippen LogP contribution in [0.4, 0.5) is 5.00 Å². The Morgan fingerprint density at radius 3 is 2.24 bits per heavy atom. The van der Waals surface area contributed by atoms with Crippen molar-refractivity contribution in [3.05, 3.63) is 76.2 Å². The van der Waals surface area contributed by atoms with E-state index in [1.807, 2.05) is 68.4 Å². The molecule has 6 nitrogen and oxygen atoms in total. The van der Waals surface area contributed by atoms with Gasteiger partial charge in [0.05, 0.1) is 28.4 Å². The molecule has 0 aliphatic heterocycles. The molecule has 0 unspecified atom stereocenters. The van der Waals surface area contributed by atoms with E-state index in [0.29, 0.717) is 21.8 Å². The normalized spacial score (nSPS) is 14.6. The van der Waals surface area contributed by atoms with Crippen molar-refractivity contribution in [2.24, 2.45) is 5.73 Å². The molecule has 7 heteroatoms. The van der Waals surface area contributed by atoms with Gasteiger partial charge in [0.15, 0.2) is 0 Å². The Bertz CT molecular complexity index is 1520. The lowest BCUT2D eigenvalue weighted by molar-refractivity contribution is 0.100. The fourth-order valence-corrected chi connectivity index (χ4v) is 6.92. The Morgan fingerprint density at radius 2 is 1.56 bits per heavy atom. The van der Waals surface area contributed by atoms with Gasteiger partial charge in [-0.1, -0.05) is 56.7 Å². The molecule has 0 atom stereocenters. The number of rotatable bonds is 6. The number of thiophene rings is 1. The molecule has 0 fully saturated rings. The number of aromatic nitrogens is 1. The van der Waals surface area contributed by atoms with E-state index in [1.165, 1.54) is 48.3 Å². The van der Waals surface area contributed by atoms with Gasteiger partial charge in [-0.2, -0.15) is 0 Å². The highest BCUT2D eigenvalue weighted by Crippen LogP contribution is 2.37. The fourth-order valence-electron chi connectivity index (χ4n) is 5.63. The van der Waals surface area contributed by atoms with Gasteiger partial charge in [0.25, 0.3) is 11.8 Å². The van der Waals surface area contributed by atoms with Crippen LogP contribution in [0.3, 0.4) is 0 Å². The summed E-state index contributed by atoms with van der Waals surface area (Å²) in [6, 6.07) is 17.2. The van der Waals surface area contributed by atoms with Crippen LogP contribution < -0.4 is 15.8 Å². The third-order valence-electron chi connectivity index (χ3n) is 7.63. The van der Waals surface area contributed by atoms with Crippen molar-refractivity contribution < 1.29 is 14.3 Å². The molecule has 2 heterocycles. The lowest BCUT2D eigenvalue weighted by atomic mass is 9.97. The molecule has 0 spiro atoms. The van der Waals surface area contributed by atoms with Gasteiger partial charge in [-0.05, 0) is 81.5 Å². The summed E-state index contributed by atoms with van der Waals surface area (Å²) in [6.07, 6.45) is 11.3. The zero-order chi connectivity index (χ0) is 28.8. The van der Waals surface area contributed by atoms with Gasteiger partial charge in [0, 0.05) is 15.8 Å². The number of hydrogen-bond acceptors (Lipinski definition) is 5. The maximum Gasteiger partial charge on any atom is 0.257 e. The van der Waals surface area contributed by atoms with Crippen LogP contribution in [-0.4, -0.2) is 22.9 Å². The number of fused-ring (bicyclic) bond motifs is 2. The predicted octanol–water partition coefficient (Wildman–Crippen LogP) is 8.32. The van der Waals surface area contributed by atoms with Crippen molar-refractivity contribution in [2.75, 3.05) is 5.32 Å². The van der Waals surface area contributed by atoms with E-state index in [9.17, 15) is 9.59 Å². The molecule has 4 aromatic rings. The summed E-state index contributed by atoms with van der Waals surface area (Å²) < 4.78 is 5.79. The minimum Gasteiger partial charge on any atom is -0.491 e. The standard InChI is InChI=1S/C34H39N3O3S/c1-22(2)40-24-19-17-23(18-20-24)29-21-27(25-13-11-12-15-28(25)36-29)33(39)37-34-31(32(35)38)26-14-9-7-5-3-4-6-8-10-16-30(26)41-34/h11-13,15,17-22H,3-10,14,16H2,1-2H3,(H2,35,38)(H,37,39). The summed E-state index contributed by atoms with van der Waals surface area (Å²) >= 11 is 1.51. The van der Waals surface area contributed by atoms with Crippen LogP contribution in [0.15, 0.2) is 54.6 Å². The molecular weight excluding hydrogens is 530 g/mol. The monoisotopic (exact) mass is 569 g/mol. The number of carbonyl (C=O) groups excluding carboxylic acids is 2. The third-order valence-corrected chi connectivity index (χ3v) is 8.83. The molecule has 2 aromatic heterocycles. The third kappa shape index (κ3) is 6.96. The molecular formula is C34H39N3O3S. The number of para-hydroxylation sites is 1. The minimum atomic E-state index is -0.478. The Balaban J connectivity index is 1.49. The first kappa shape index (κ1) is 28.8. The smallest absolute Gasteiger partial charge is 0.257 e. The molecule has 214 valence electrons. The number of anilines is 1. The number of aryl methyl sites for hydroxylation is 1. The highest BCUT2D eigenvalue weighted by Gasteiger charge is 2.24. The quantitative estimate of drug-likeness (QED) is 0.244. The predicted molar refractivity (Wildman–Crippen MR) is 168 cm³/mol. The van der Waals surface area contributed by atoms with Gasteiger partial charge in [-0.25, -0.2) is 4.98 Å². The molecule has 5 rings (SSSR count). The molecule has 0 bridgehead atoms. The van der Waals surface area contributed by atoms with Gasteiger partial charge >= 0.3 is 0 Å². The lowest BCUT2D eigenvalue weighted by Gasteiger charge is -2.12. The Morgan fingerprint density at radius 1 is 0.902 bits per heavy atom. The van der Waals surface area contributed by atoms with E-state index < -0.39 is 5.91 Å². The van der Waals surface area contributed by atoms with Crippen molar-refractivity contribution in [1.29, 1.82) is 0 Å². The second kappa shape index (κ2) is 13.3. The largest absolute Gasteiger partial charge is 0.491 e. The number of nitrogens with one attached hydrogen (secondary N) is 1. The van der Waals surface area contributed by atoms with Crippen LogP contribution in [0.25, 0.3) is 22.2 Å². The van der Waals surface area contributed by atoms with Gasteiger partial charge in [-0.3, -0.25) is 9.59 Å². The number of nitrogens with zero attached hydrogens (tertiary/aromatic N) is 1. The second-order valence-electron chi connectivity index (χ2n) is 11.1. The van der Waals surface area contributed by atoms with Crippen LogP contribution >= 0.6 is 11.3 Å². The first-order valence-electron chi connectivity index (χ1n) is 14.8. The molecule has 1 aliphatic carbocycles. The van der Waals surface area contributed by atoms with E-state index in [-0.39, 0.29) is 12.0 Å². The molecule has 0 saturated heterocycles. The van der Waals surface area contributed by atoms with Crippen LogP contribution in [0.1, 0.15) is 96.4 Å². The molecule has 41 heavy (non-hydrogen) atoms. The number of carbonyl (C=O) groups is 2. The van der Waals surface area contributed by atoms with E-state index in [1.54, 1.807) is 0 Å². The maximum atomic E-state index is 13.9. The van der Waals surface area contributed by atoms with E-state index in [0.717, 1.165) is 59.9 Å². The summed E-state index contributed by atoms with van der Waals surface area (Å²) in [4.78, 5) is 32.7. The van der Waals surface area contributed by atoms with Gasteiger partial charge < -0.3 is 15.8 Å². The van der Waals surface area contributed by atoms with E-state index in [4.69, 9.17) is 15.5 Å². The molecule has 2 amide bonds.